The van der Waals surface area contributed by atoms with Crippen LogP contribution in [-0.2, 0) is 11.2 Å². The number of hydrogen-bond donors (Lipinski definition) is 1. The van der Waals surface area contributed by atoms with Crippen molar-refractivity contribution in [1.29, 1.82) is 0 Å². The lowest BCUT2D eigenvalue weighted by Crippen LogP contribution is -2.31. The monoisotopic (exact) mass is 299 g/mol. The molecule has 6 heteroatoms. The molecule has 116 valence electrons. The van der Waals surface area contributed by atoms with Crippen LogP contribution in [0.2, 0.25) is 0 Å². The second-order valence-corrected chi connectivity index (χ2v) is 5.33. The summed E-state index contributed by atoms with van der Waals surface area (Å²) in [7, 11) is 0. The van der Waals surface area contributed by atoms with E-state index < -0.39 is 12.7 Å². The summed E-state index contributed by atoms with van der Waals surface area (Å²) in [6, 6.07) is 6.07. The van der Waals surface area contributed by atoms with Gasteiger partial charge in [-0.2, -0.15) is 8.78 Å². The van der Waals surface area contributed by atoms with E-state index >= 15 is 0 Å². The summed E-state index contributed by atoms with van der Waals surface area (Å²) in [5.41, 5.74) is 0.752. The fourth-order valence-electron chi connectivity index (χ4n) is 2.48. The molecule has 2 atom stereocenters. The molecule has 0 radical (unpaired) electrons. The minimum absolute atomic E-state index is 0.0133. The van der Waals surface area contributed by atoms with E-state index in [-0.39, 0.29) is 24.0 Å². The Morgan fingerprint density at radius 3 is 2.62 bits per heavy atom. The van der Waals surface area contributed by atoms with Gasteiger partial charge in [0.05, 0.1) is 12.5 Å². The highest BCUT2D eigenvalue weighted by molar-refractivity contribution is 5.79. The van der Waals surface area contributed by atoms with Crippen LogP contribution < -0.4 is 4.74 Å². The maximum absolute atomic E-state index is 12.1. The van der Waals surface area contributed by atoms with Crippen molar-refractivity contribution >= 4 is 5.91 Å². The Morgan fingerprint density at radius 2 is 2.10 bits per heavy atom. The molecule has 0 aromatic heterocycles. The highest BCUT2D eigenvalue weighted by Gasteiger charge is 2.28. The summed E-state index contributed by atoms with van der Waals surface area (Å²) in [5.74, 6) is 0.202. The Labute approximate surface area is 122 Å². The first kappa shape index (κ1) is 15.7. The van der Waals surface area contributed by atoms with Gasteiger partial charge in [0.2, 0.25) is 5.91 Å². The van der Waals surface area contributed by atoms with Gasteiger partial charge in [-0.3, -0.25) is 4.79 Å². The maximum Gasteiger partial charge on any atom is 0.387 e. The van der Waals surface area contributed by atoms with Crippen LogP contribution in [0.1, 0.15) is 18.9 Å². The van der Waals surface area contributed by atoms with Gasteiger partial charge in [0.25, 0.3) is 0 Å². The number of halogens is 2. The van der Waals surface area contributed by atoms with E-state index in [9.17, 15) is 18.7 Å². The molecular weight excluding hydrogens is 280 g/mol. The molecule has 1 amide bonds. The molecule has 1 heterocycles. The third kappa shape index (κ3) is 4.39. The Morgan fingerprint density at radius 1 is 1.43 bits per heavy atom. The average Bonchev–Trinajstić information content (AvgIpc) is 2.90. The number of likely N-dealkylation sites (tertiary alicyclic amines) is 1. The summed E-state index contributed by atoms with van der Waals surface area (Å²) < 4.78 is 28.3. The van der Waals surface area contributed by atoms with Crippen LogP contribution in [0.3, 0.4) is 0 Å². The lowest BCUT2D eigenvalue weighted by atomic mass is 10.0. The minimum Gasteiger partial charge on any atom is -0.435 e. The van der Waals surface area contributed by atoms with Crippen molar-refractivity contribution in [3.63, 3.8) is 0 Å². The van der Waals surface area contributed by atoms with Crippen LogP contribution in [0.15, 0.2) is 24.3 Å². The fraction of sp³-hybridized carbons (Fsp3) is 0.533. The van der Waals surface area contributed by atoms with Crippen LogP contribution in [-0.4, -0.2) is 41.7 Å². The van der Waals surface area contributed by atoms with Crippen molar-refractivity contribution in [3.8, 4) is 5.75 Å². The van der Waals surface area contributed by atoms with Gasteiger partial charge >= 0.3 is 6.61 Å². The molecule has 1 aliphatic rings. The van der Waals surface area contributed by atoms with Crippen LogP contribution in [0.4, 0.5) is 8.78 Å². The van der Waals surface area contributed by atoms with E-state index in [0.717, 1.165) is 12.0 Å². The maximum atomic E-state index is 12.1. The van der Waals surface area contributed by atoms with E-state index in [1.165, 1.54) is 12.1 Å². The molecule has 0 spiro atoms. The van der Waals surface area contributed by atoms with Gasteiger partial charge in [-0.15, -0.1) is 0 Å². The lowest BCUT2D eigenvalue weighted by molar-refractivity contribution is -0.129. The Hall–Kier alpha value is -1.69. The Bertz CT molecular complexity index is 476. The van der Waals surface area contributed by atoms with E-state index in [0.29, 0.717) is 13.1 Å². The van der Waals surface area contributed by atoms with E-state index in [1.54, 1.807) is 24.0 Å². The standard InChI is InChI=1S/C15H19F2NO3/c1-10(19)12-6-7-18(9-12)14(20)8-11-2-4-13(5-3-11)21-15(16)17/h2-5,10,12,15,19H,6-9H2,1H3. The summed E-state index contributed by atoms with van der Waals surface area (Å²) in [4.78, 5) is 13.9. The number of aliphatic hydroxyl groups is 1. The zero-order chi connectivity index (χ0) is 15.4. The number of carbonyl (C=O) groups excluding carboxylic acids is 1. The fourth-order valence-corrected chi connectivity index (χ4v) is 2.48. The predicted octanol–water partition coefficient (Wildman–Crippen LogP) is 2.06. The van der Waals surface area contributed by atoms with Crippen molar-refractivity contribution in [3.05, 3.63) is 29.8 Å². The van der Waals surface area contributed by atoms with Crippen molar-refractivity contribution in [2.45, 2.75) is 32.5 Å². The summed E-state index contributed by atoms with van der Waals surface area (Å²) in [5, 5.41) is 9.53. The van der Waals surface area contributed by atoms with E-state index in [2.05, 4.69) is 4.74 Å². The van der Waals surface area contributed by atoms with Crippen LogP contribution in [0.25, 0.3) is 0 Å². The second kappa shape index (κ2) is 6.85. The van der Waals surface area contributed by atoms with Crippen molar-refractivity contribution < 1.29 is 23.4 Å². The van der Waals surface area contributed by atoms with Crippen LogP contribution >= 0.6 is 0 Å². The third-order valence-electron chi connectivity index (χ3n) is 3.76. The Kier molecular flexibility index (Phi) is 5.12. The van der Waals surface area contributed by atoms with Crippen LogP contribution in [0.5, 0.6) is 5.75 Å². The van der Waals surface area contributed by atoms with Gasteiger partial charge in [-0.25, -0.2) is 0 Å². The molecule has 1 saturated heterocycles. The van der Waals surface area contributed by atoms with Gasteiger partial charge < -0.3 is 14.7 Å². The Balaban J connectivity index is 1.88. The molecule has 1 aromatic rings. The zero-order valence-corrected chi connectivity index (χ0v) is 11.8. The lowest BCUT2D eigenvalue weighted by Gasteiger charge is -2.17. The summed E-state index contributed by atoms with van der Waals surface area (Å²) in [6.45, 7) is 0.115. The first-order valence-corrected chi connectivity index (χ1v) is 6.95. The summed E-state index contributed by atoms with van der Waals surface area (Å²) in [6.07, 6.45) is 0.625. The molecule has 1 N–H and O–H groups in total. The number of benzene rings is 1. The van der Waals surface area contributed by atoms with Gasteiger partial charge in [0, 0.05) is 19.0 Å². The highest BCUT2D eigenvalue weighted by Crippen LogP contribution is 2.21. The van der Waals surface area contributed by atoms with Crippen LogP contribution in [0, 0.1) is 5.92 Å². The quantitative estimate of drug-likeness (QED) is 0.905. The molecule has 0 saturated carbocycles. The van der Waals surface area contributed by atoms with Gasteiger partial charge in [-0.1, -0.05) is 12.1 Å². The topological polar surface area (TPSA) is 49.8 Å². The molecule has 0 aliphatic carbocycles. The van der Waals surface area contributed by atoms with Gasteiger partial charge in [-0.05, 0) is 31.0 Å². The molecule has 2 unspecified atom stereocenters. The molecule has 1 aromatic carbocycles. The minimum atomic E-state index is -2.85. The summed E-state index contributed by atoms with van der Waals surface area (Å²) >= 11 is 0. The smallest absolute Gasteiger partial charge is 0.387 e. The average molecular weight is 299 g/mol. The largest absolute Gasteiger partial charge is 0.435 e. The third-order valence-corrected chi connectivity index (χ3v) is 3.76. The molecule has 4 nitrogen and oxygen atoms in total. The first-order valence-electron chi connectivity index (χ1n) is 6.95. The number of alkyl halides is 2. The highest BCUT2D eigenvalue weighted by atomic mass is 19.3. The van der Waals surface area contributed by atoms with Crippen molar-refractivity contribution in [1.82, 2.24) is 4.90 Å². The molecule has 1 fully saturated rings. The van der Waals surface area contributed by atoms with Gasteiger partial charge in [0.15, 0.2) is 0 Å². The number of amides is 1. The van der Waals surface area contributed by atoms with Gasteiger partial charge in [0.1, 0.15) is 5.75 Å². The molecule has 0 bridgehead atoms. The molecule has 2 rings (SSSR count). The SMILES string of the molecule is CC(O)C1CCN(C(=O)Cc2ccc(OC(F)F)cc2)C1. The molecular formula is C15H19F2NO3. The predicted molar refractivity (Wildman–Crippen MR) is 73.1 cm³/mol. The van der Waals surface area contributed by atoms with E-state index in [4.69, 9.17) is 0 Å². The second-order valence-electron chi connectivity index (χ2n) is 5.33. The normalized spacial score (nSPS) is 19.9. The van der Waals surface area contributed by atoms with E-state index in [1.807, 2.05) is 0 Å². The molecule has 1 aliphatic heterocycles. The first-order chi connectivity index (χ1) is 9.95. The number of aliphatic hydroxyl groups excluding tert-OH is 1. The number of ether oxygens (including phenoxy) is 1. The number of rotatable bonds is 5. The van der Waals surface area contributed by atoms with Crippen molar-refractivity contribution in [2.24, 2.45) is 5.92 Å². The number of hydrogen-bond acceptors (Lipinski definition) is 3. The molecule has 21 heavy (non-hydrogen) atoms. The number of nitrogens with zero attached hydrogens (tertiary/aromatic N) is 1. The number of carbonyl (C=O) groups is 1. The van der Waals surface area contributed by atoms with Crippen molar-refractivity contribution in [2.75, 3.05) is 13.1 Å². The zero-order valence-electron chi connectivity index (χ0n) is 11.8.